The number of rotatable bonds is 2. The molecule has 3 heterocycles. The number of aromatic nitrogens is 2. The molecular weight excluding hydrogens is 328 g/mol. The Balaban J connectivity index is 1.86. The van der Waals surface area contributed by atoms with E-state index in [9.17, 15) is 8.78 Å². The molecule has 0 spiro atoms. The van der Waals surface area contributed by atoms with E-state index in [1.54, 1.807) is 0 Å². The molecule has 0 bridgehead atoms. The zero-order valence-electron chi connectivity index (χ0n) is 12.1. The van der Waals surface area contributed by atoms with E-state index in [0.717, 1.165) is 11.7 Å². The van der Waals surface area contributed by atoms with Gasteiger partial charge in [-0.1, -0.05) is 0 Å². The van der Waals surface area contributed by atoms with Crippen LogP contribution in [0, 0.1) is 11.6 Å². The molecule has 1 aromatic heterocycles. The van der Waals surface area contributed by atoms with E-state index in [0.29, 0.717) is 39.3 Å². The lowest BCUT2D eigenvalue weighted by atomic mass is 9.70. The van der Waals surface area contributed by atoms with Crippen LogP contribution in [0.3, 0.4) is 0 Å². The van der Waals surface area contributed by atoms with Crippen molar-refractivity contribution in [2.75, 3.05) is 26.4 Å². The normalized spacial score (nSPS) is 19.6. The summed E-state index contributed by atoms with van der Waals surface area (Å²) in [6, 6.07) is 0. The van der Waals surface area contributed by atoms with Gasteiger partial charge in [0.05, 0.1) is 22.7 Å². The fourth-order valence-electron chi connectivity index (χ4n) is 2.73. The Labute approximate surface area is 135 Å². The SMILES string of the molecule is Fc1c(F)c(B2OCCCO2)c2nsnc2c1B1OCCCO1. The smallest absolute Gasteiger partial charge is 0.407 e. The van der Waals surface area contributed by atoms with Gasteiger partial charge in [-0.25, -0.2) is 8.78 Å². The maximum Gasteiger partial charge on any atom is 0.499 e. The lowest BCUT2D eigenvalue weighted by molar-refractivity contribution is 0.142. The van der Waals surface area contributed by atoms with Crippen molar-refractivity contribution in [3.63, 3.8) is 0 Å². The summed E-state index contributed by atoms with van der Waals surface area (Å²) >= 11 is 0.871. The van der Waals surface area contributed by atoms with Crippen molar-refractivity contribution >= 4 is 47.9 Å². The summed E-state index contributed by atoms with van der Waals surface area (Å²) in [6.07, 6.45) is 1.42. The predicted molar refractivity (Wildman–Crippen MR) is 81.1 cm³/mol. The van der Waals surface area contributed by atoms with Crippen LogP contribution in [0.5, 0.6) is 0 Å². The summed E-state index contributed by atoms with van der Waals surface area (Å²) in [7, 11) is -1.96. The lowest BCUT2D eigenvalue weighted by Gasteiger charge is -2.23. The molecule has 2 aliphatic rings. The van der Waals surface area contributed by atoms with Gasteiger partial charge in [-0.2, -0.15) is 8.75 Å². The molecule has 6 nitrogen and oxygen atoms in total. The molecule has 0 aliphatic carbocycles. The Bertz CT molecular complexity index is 665. The second-order valence-corrected chi connectivity index (χ2v) is 5.80. The van der Waals surface area contributed by atoms with Crippen LogP contribution >= 0.6 is 11.7 Å². The highest BCUT2D eigenvalue weighted by molar-refractivity contribution is 7.00. The van der Waals surface area contributed by atoms with E-state index in [1.807, 2.05) is 0 Å². The van der Waals surface area contributed by atoms with Crippen LogP contribution in [0.25, 0.3) is 11.0 Å². The summed E-state index contributed by atoms with van der Waals surface area (Å²) in [5, 5.41) is 0. The van der Waals surface area contributed by atoms with Gasteiger partial charge in [0.25, 0.3) is 0 Å². The fourth-order valence-corrected chi connectivity index (χ4v) is 3.30. The molecule has 0 unspecified atom stereocenters. The van der Waals surface area contributed by atoms with Crippen molar-refractivity contribution in [2.24, 2.45) is 0 Å². The molecule has 2 aliphatic heterocycles. The summed E-state index contributed by atoms with van der Waals surface area (Å²) in [6.45, 7) is 1.67. The first kappa shape index (κ1) is 15.4. The van der Waals surface area contributed by atoms with Crippen LogP contribution in [-0.4, -0.2) is 49.4 Å². The third-order valence-corrected chi connectivity index (χ3v) is 4.32. The standard InChI is InChI=1S/C12H12B2F2N2O4S/c15-9-7(13-19-3-1-4-20-13)11-12(18-23-17-11)8(10(9)16)14-21-5-2-6-22-14/h1-6H2. The Morgan fingerprint density at radius 2 is 1.13 bits per heavy atom. The van der Waals surface area contributed by atoms with E-state index in [2.05, 4.69) is 8.75 Å². The predicted octanol–water partition coefficient (Wildman–Crippen LogP) is 0.234. The Morgan fingerprint density at radius 3 is 1.52 bits per heavy atom. The van der Waals surface area contributed by atoms with Crippen molar-refractivity contribution in [3.05, 3.63) is 11.6 Å². The van der Waals surface area contributed by atoms with Gasteiger partial charge in [0.15, 0.2) is 11.6 Å². The molecule has 0 saturated carbocycles. The highest BCUT2D eigenvalue weighted by atomic mass is 32.1. The van der Waals surface area contributed by atoms with E-state index < -0.39 is 25.9 Å². The van der Waals surface area contributed by atoms with Gasteiger partial charge in [-0.3, -0.25) is 0 Å². The van der Waals surface area contributed by atoms with Crippen molar-refractivity contribution in [1.82, 2.24) is 8.75 Å². The number of hydrogen-bond acceptors (Lipinski definition) is 7. The monoisotopic (exact) mass is 340 g/mol. The molecule has 120 valence electrons. The van der Waals surface area contributed by atoms with Gasteiger partial charge in [0, 0.05) is 26.4 Å². The van der Waals surface area contributed by atoms with E-state index in [-0.39, 0.29) is 22.0 Å². The van der Waals surface area contributed by atoms with Gasteiger partial charge >= 0.3 is 14.2 Å². The molecule has 2 aromatic rings. The highest BCUT2D eigenvalue weighted by Gasteiger charge is 2.39. The maximum absolute atomic E-state index is 14.7. The molecule has 0 amide bonds. The summed E-state index contributed by atoms with van der Waals surface area (Å²) in [5.74, 6) is -2.10. The van der Waals surface area contributed by atoms with Crippen LogP contribution in [0.1, 0.15) is 12.8 Å². The van der Waals surface area contributed by atoms with Gasteiger partial charge < -0.3 is 18.6 Å². The molecule has 1 aromatic carbocycles. The van der Waals surface area contributed by atoms with Gasteiger partial charge in [0.2, 0.25) is 0 Å². The minimum atomic E-state index is -1.05. The molecule has 11 heteroatoms. The minimum absolute atomic E-state index is 0.0505. The fraction of sp³-hybridized carbons (Fsp3) is 0.500. The first-order valence-corrected chi connectivity index (χ1v) is 8.10. The Morgan fingerprint density at radius 1 is 0.739 bits per heavy atom. The van der Waals surface area contributed by atoms with E-state index in [1.165, 1.54) is 0 Å². The zero-order valence-corrected chi connectivity index (χ0v) is 12.9. The summed E-state index contributed by atoms with van der Waals surface area (Å²) in [5.41, 5.74) is 0.359. The largest absolute Gasteiger partial charge is 0.499 e. The lowest BCUT2D eigenvalue weighted by Crippen LogP contribution is -2.48. The van der Waals surface area contributed by atoms with Crippen molar-refractivity contribution in [3.8, 4) is 0 Å². The van der Waals surface area contributed by atoms with Gasteiger partial charge in [-0.15, -0.1) is 0 Å². The number of benzene rings is 1. The van der Waals surface area contributed by atoms with Crippen LogP contribution in [0.15, 0.2) is 0 Å². The number of hydrogen-bond donors (Lipinski definition) is 0. The van der Waals surface area contributed by atoms with Crippen LogP contribution in [0.4, 0.5) is 8.78 Å². The first-order valence-electron chi connectivity index (χ1n) is 7.37. The average molecular weight is 340 g/mol. The summed E-state index contributed by atoms with van der Waals surface area (Å²) < 4.78 is 59.2. The minimum Gasteiger partial charge on any atom is -0.407 e. The van der Waals surface area contributed by atoms with Crippen molar-refractivity contribution in [1.29, 1.82) is 0 Å². The molecule has 0 atom stereocenters. The molecule has 23 heavy (non-hydrogen) atoms. The molecule has 2 fully saturated rings. The second-order valence-electron chi connectivity index (χ2n) is 5.27. The number of nitrogens with zero attached hydrogens (tertiary/aromatic N) is 2. The number of halogens is 2. The van der Waals surface area contributed by atoms with E-state index >= 15 is 0 Å². The highest BCUT2D eigenvalue weighted by Crippen LogP contribution is 2.18. The topological polar surface area (TPSA) is 62.7 Å². The molecule has 2 saturated heterocycles. The van der Waals surface area contributed by atoms with Gasteiger partial charge in [0.1, 0.15) is 11.0 Å². The summed E-state index contributed by atoms with van der Waals surface area (Å²) in [4.78, 5) is 0. The Hall–Kier alpha value is -1.13. The molecular formula is C12H12B2F2N2O4S. The quantitative estimate of drug-likeness (QED) is 0.730. The maximum atomic E-state index is 14.7. The zero-order chi connectivity index (χ0) is 15.8. The van der Waals surface area contributed by atoms with Crippen molar-refractivity contribution in [2.45, 2.75) is 12.8 Å². The third-order valence-electron chi connectivity index (χ3n) is 3.79. The molecule has 4 rings (SSSR count). The number of fused-ring (bicyclic) bond motifs is 1. The van der Waals surface area contributed by atoms with E-state index in [4.69, 9.17) is 18.6 Å². The first-order chi connectivity index (χ1) is 11.3. The Kier molecular flexibility index (Phi) is 4.29. The van der Waals surface area contributed by atoms with Gasteiger partial charge in [-0.05, 0) is 12.8 Å². The third kappa shape index (κ3) is 2.66. The van der Waals surface area contributed by atoms with Crippen LogP contribution in [-0.2, 0) is 18.6 Å². The molecule has 0 radical (unpaired) electrons. The van der Waals surface area contributed by atoms with Crippen LogP contribution in [0.2, 0.25) is 0 Å². The average Bonchev–Trinajstić information content (AvgIpc) is 3.06. The second kappa shape index (κ2) is 6.40. The molecule has 0 N–H and O–H groups in total. The van der Waals surface area contributed by atoms with Crippen LogP contribution < -0.4 is 10.9 Å². The van der Waals surface area contributed by atoms with Crippen molar-refractivity contribution < 1.29 is 27.4 Å².